The number of methoxy groups -OCH3 is 1. The fraction of sp³-hybridized carbons (Fsp3) is 0.700. The number of rotatable bonds is 2. The molecule has 0 amide bonds. The zero-order valence-corrected chi connectivity index (χ0v) is 14.2. The summed E-state index contributed by atoms with van der Waals surface area (Å²) in [6.07, 6.45) is 5.20. The third-order valence-electron chi connectivity index (χ3n) is 7.28. The van der Waals surface area contributed by atoms with Gasteiger partial charge in [0.25, 0.3) is 0 Å². The van der Waals surface area contributed by atoms with E-state index in [-0.39, 0.29) is 24.0 Å². The van der Waals surface area contributed by atoms with Gasteiger partial charge in [-0.1, -0.05) is 13.0 Å². The van der Waals surface area contributed by atoms with E-state index in [1.54, 1.807) is 7.11 Å². The van der Waals surface area contributed by atoms with Crippen molar-refractivity contribution in [3.63, 3.8) is 0 Å². The summed E-state index contributed by atoms with van der Waals surface area (Å²) < 4.78 is 5.38. The minimum Gasteiger partial charge on any atom is -0.497 e. The van der Waals surface area contributed by atoms with Crippen molar-refractivity contribution in [1.29, 1.82) is 0 Å². The van der Waals surface area contributed by atoms with Crippen LogP contribution >= 0.6 is 0 Å². The number of hydrogen-bond acceptors (Lipinski definition) is 3. The standard InChI is InChI=1S/C20H28O3/c1-20-8-7-16-15-6-4-14(23-2)9-12(15)3-5-17(16)18(20)10-13(11-21)19(20)22/h4,6,9,13,16-19,21-22H,3,5,7-8,10-11H2,1-2H3/t13-,16-,17-,18+,19-,20-/m1/s1. The lowest BCUT2D eigenvalue weighted by atomic mass is 9.55. The maximum atomic E-state index is 10.7. The van der Waals surface area contributed by atoms with Crippen LogP contribution in [0, 0.1) is 23.2 Å². The second-order valence-electron chi connectivity index (χ2n) is 8.15. The minimum atomic E-state index is -0.337. The van der Waals surface area contributed by atoms with Crippen molar-refractivity contribution in [1.82, 2.24) is 0 Å². The highest BCUT2D eigenvalue weighted by Gasteiger charge is 2.57. The Balaban J connectivity index is 1.67. The summed E-state index contributed by atoms with van der Waals surface area (Å²) in [6, 6.07) is 6.57. The van der Waals surface area contributed by atoms with Gasteiger partial charge < -0.3 is 14.9 Å². The van der Waals surface area contributed by atoms with E-state index in [2.05, 4.69) is 25.1 Å². The Morgan fingerprint density at radius 1 is 1.30 bits per heavy atom. The van der Waals surface area contributed by atoms with Gasteiger partial charge in [0.2, 0.25) is 0 Å². The van der Waals surface area contributed by atoms with Crippen LogP contribution in [0.1, 0.15) is 49.7 Å². The second kappa shape index (κ2) is 5.49. The maximum absolute atomic E-state index is 10.7. The average Bonchev–Trinajstić information content (AvgIpc) is 2.85. The Hall–Kier alpha value is -1.06. The summed E-state index contributed by atoms with van der Waals surface area (Å²) in [5.74, 6) is 2.84. The van der Waals surface area contributed by atoms with E-state index in [0.717, 1.165) is 31.4 Å². The number of benzene rings is 1. The summed E-state index contributed by atoms with van der Waals surface area (Å²) in [7, 11) is 1.73. The molecule has 2 saturated carbocycles. The lowest BCUT2D eigenvalue weighted by molar-refractivity contribution is -0.0379. The van der Waals surface area contributed by atoms with Gasteiger partial charge in [-0.2, -0.15) is 0 Å². The summed E-state index contributed by atoms with van der Waals surface area (Å²) in [5, 5.41) is 20.4. The Bertz CT molecular complexity index is 599. The molecule has 0 unspecified atom stereocenters. The molecule has 1 aromatic rings. The van der Waals surface area contributed by atoms with E-state index < -0.39 is 0 Å². The van der Waals surface area contributed by atoms with E-state index in [9.17, 15) is 10.2 Å². The third-order valence-corrected chi connectivity index (χ3v) is 7.28. The number of aliphatic hydroxyl groups excluding tert-OH is 2. The SMILES string of the molecule is COc1ccc2c(c1)CC[C@@H]1[C@@H]2CC[C@@]2(C)[C@H](O)[C@@H](CO)C[C@@H]12. The van der Waals surface area contributed by atoms with Crippen LogP contribution in [0.4, 0.5) is 0 Å². The van der Waals surface area contributed by atoms with E-state index in [1.165, 1.54) is 17.5 Å². The Morgan fingerprint density at radius 3 is 2.87 bits per heavy atom. The van der Waals surface area contributed by atoms with Crippen molar-refractivity contribution in [3.05, 3.63) is 29.3 Å². The van der Waals surface area contributed by atoms with Gasteiger partial charge in [-0.25, -0.2) is 0 Å². The topological polar surface area (TPSA) is 49.7 Å². The molecule has 0 spiro atoms. The van der Waals surface area contributed by atoms with Gasteiger partial charge in [-0.15, -0.1) is 0 Å². The Labute approximate surface area is 138 Å². The van der Waals surface area contributed by atoms with Gasteiger partial charge in [0.1, 0.15) is 5.75 Å². The molecule has 0 aliphatic heterocycles. The molecule has 0 heterocycles. The van der Waals surface area contributed by atoms with Gasteiger partial charge in [0, 0.05) is 12.5 Å². The second-order valence-corrected chi connectivity index (χ2v) is 8.15. The van der Waals surface area contributed by atoms with Gasteiger partial charge in [0.15, 0.2) is 0 Å². The Kier molecular flexibility index (Phi) is 3.69. The summed E-state index contributed by atoms with van der Waals surface area (Å²) in [6.45, 7) is 2.39. The fourth-order valence-electron chi connectivity index (χ4n) is 6.01. The molecule has 4 rings (SSSR count). The molecule has 0 radical (unpaired) electrons. The van der Waals surface area contributed by atoms with Crippen molar-refractivity contribution in [3.8, 4) is 5.75 Å². The lowest BCUT2D eigenvalue weighted by Crippen LogP contribution is -2.44. The van der Waals surface area contributed by atoms with Crippen molar-refractivity contribution in [2.75, 3.05) is 13.7 Å². The zero-order chi connectivity index (χ0) is 16.2. The highest BCUT2D eigenvalue weighted by molar-refractivity contribution is 5.40. The fourth-order valence-corrected chi connectivity index (χ4v) is 6.01. The van der Waals surface area contributed by atoms with Crippen LogP contribution in [0.3, 0.4) is 0 Å². The van der Waals surface area contributed by atoms with Gasteiger partial charge >= 0.3 is 0 Å². The monoisotopic (exact) mass is 316 g/mol. The molecule has 1 aromatic carbocycles. The van der Waals surface area contributed by atoms with Crippen molar-refractivity contribution >= 4 is 0 Å². The first-order chi connectivity index (χ1) is 11.1. The molecular weight excluding hydrogens is 288 g/mol. The van der Waals surface area contributed by atoms with E-state index in [4.69, 9.17) is 4.74 Å². The average molecular weight is 316 g/mol. The Morgan fingerprint density at radius 2 is 2.13 bits per heavy atom. The van der Waals surface area contributed by atoms with Gasteiger partial charge in [0.05, 0.1) is 13.2 Å². The molecule has 3 nitrogen and oxygen atoms in total. The predicted molar refractivity (Wildman–Crippen MR) is 89.6 cm³/mol. The molecule has 3 aliphatic rings. The molecule has 23 heavy (non-hydrogen) atoms. The largest absolute Gasteiger partial charge is 0.497 e. The van der Waals surface area contributed by atoms with Crippen molar-refractivity contribution in [2.24, 2.45) is 23.2 Å². The first kappa shape index (κ1) is 15.5. The van der Waals surface area contributed by atoms with Crippen LogP contribution in [0.2, 0.25) is 0 Å². The van der Waals surface area contributed by atoms with E-state index in [0.29, 0.717) is 17.8 Å². The normalized spacial score (nSPS) is 41.8. The number of aryl methyl sites for hydroxylation is 1. The summed E-state index contributed by atoms with van der Waals surface area (Å²) in [5.41, 5.74) is 2.95. The highest BCUT2D eigenvalue weighted by Crippen LogP contribution is 2.62. The molecular formula is C20H28O3. The molecule has 2 fully saturated rings. The van der Waals surface area contributed by atoms with Crippen LogP contribution in [0.25, 0.3) is 0 Å². The molecule has 2 N–H and O–H groups in total. The molecule has 0 bridgehead atoms. The molecule has 126 valence electrons. The number of ether oxygens (including phenoxy) is 1. The molecule has 6 atom stereocenters. The molecule has 3 heteroatoms. The summed E-state index contributed by atoms with van der Waals surface area (Å²) in [4.78, 5) is 0. The smallest absolute Gasteiger partial charge is 0.119 e. The summed E-state index contributed by atoms with van der Waals surface area (Å²) >= 11 is 0. The third kappa shape index (κ3) is 2.16. The minimum absolute atomic E-state index is 0.00145. The molecule has 0 aromatic heterocycles. The quantitative estimate of drug-likeness (QED) is 0.881. The van der Waals surface area contributed by atoms with Crippen molar-refractivity contribution < 1.29 is 14.9 Å². The van der Waals surface area contributed by atoms with Crippen molar-refractivity contribution in [2.45, 2.75) is 51.0 Å². The molecule has 0 saturated heterocycles. The number of fused-ring (bicyclic) bond motifs is 5. The van der Waals surface area contributed by atoms with Crippen LogP contribution in [-0.4, -0.2) is 30.0 Å². The first-order valence-corrected chi connectivity index (χ1v) is 9.04. The van der Waals surface area contributed by atoms with E-state index >= 15 is 0 Å². The van der Waals surface area contributed by atoms with E-state index in [1.807, 2.05) is 0 Å². The predicted octanol–water partition coefficient (Wildman–Crippen LogP) is 3.13. The highest BCUT2D eigenvalue weighted by atomic mass is 16.5. The zero-order valence-electron chi connectivity index (χ0n) is 14.2. The van der Waals surface area contributed by atoms with Crippen LogP contribution in [-0.2, 0) is 6.42 Å². The van der Waals surface area contributed by atoms with Gasteiger partial charge in [-0.3, -0.25) is 0 Å². The first-order valence-electron chi connectivity index (χ1n) is 9.04. The number of hydrogen-bond donors (Lipinski definition) is 2. The van der Waals surface area contributed by atoms with Gasteiger partial charge in [-0.05, 0) is 78.5 Å². The van der Waals surface area contributed by atoms with Crippen LogP contribution < -0.4 is 4.74 Å². The van der Waals surface area contributed by atoms with Crippen LogP contribution in [0.15, 0.2) is 18.2 Å². The number of aliphatic hydroxyl groups is 2. The van der Waals surface area contributed by atoms with Crippen LogP contribution in [0.5, 0.6) is 5.75 Å². The molecule has 3 aliphatic carbocycles. The maximum Gasteiger partial charge on any atom is 0.119 e. The lowest BCUT2D eigenvalue weighted by Gasteiger charge is -2.50.